The normalized spacial score (nSPS) is 28.3. The van der Waals surface area contributed by atoms with E-state index >= 15 is 0 Å². The van der Waals surface area contributed by atoms with E-state index in [1.54, 1.807) is 6.20 Å². The van der Waals surface area contributed by atoms with Crippen molar-refractivity contribution in [1.29, 1.82) is 0 Å². The van der Waals surface area contributed by atoms with Gasteiger partial charge < -0.3 is 14.6 Å². The first-order valence-electron chi connectivity index (χ1n) is 7.49. The van der Waals surface area contributed by atoms with Gasteiger partial charge in [-0.25, -0.2) is 23.5 Å². The molecular weight excluding hydrogens is 324 g/mol. The van der Waals surface area contributed by atoms with Gasteiger partial charge in [0.2, 0.25) is 5.65 Å². The van der Waals surface area contributed by atoms with E-state index in [0.29, 0.717) is 6.61 Å². The van der Waals surface area contributed by atoms with Gasteiger partial charge in [0.1, 0.15) is 0 Å². The summed E-state index contributed by atoms with van der Waals surface area (Å²) in [6, 6.07) is 0. The van der Waals surface area contributed by atoms with Crippen molar-refractivity contribution in [3.63, 3.8) is 0 Å². The molecule has 3 fully saturated rings. The standard InChI is InChI=1S/C15H15F2N3O4/c1-14-5-15(6-14,7-24-14)9-3-20-2-8(13(21)22)18-12(11(20)19-9)23-4-10(16)17/h2-3,10H,4-7H2,1H3,(H,21,22). The van der Waals surface area contributed by atoms with Crippen molar-refractivity contribution < 1.29 is 28.2 Å². The van der Waals surface area contributed by atoms with E-state index < -0.39 is 19.0 Å². The molecule has 2 bridgehead atoms. The first kappa shape index (κ1) is 15.3. The Labute approximate surface area is 135 Å². The highest BCUT2D eigenvalue weighted by molar-refractivity contribution is 5.85. The van der Waals surface area contributed by atoms with Crippen LogP contribution in [0.25, 0.3) is 5.65 Å². The van der Waals surface area contributed by atoms with Crippen LogP contribution in [0.1, 0.15) is 35.9 Å². The summed E-state index contributed by atoms with van der Waals surface area (Å²) in [7, 11) is 0. The summed E-state index contributed by atoms with van der Waals surface area (Å²) in [5, 5.41) is 9.14. The van der Waals surface area contributed by atoms with Gasteiger partial charge in [0.15, 0.2) is 12.3 Å². The summed E-state index contributed by atoms with van der Waals surface area (Å²) in [4.78, 5) is 19.5. The fourth-order valence-corrected chi connectivity index (χ4v) is 3.72. The Kier molecular flexibility index (Phi) is 3.08. The summed E-state index contributed by atoms with van der Waals surface area (Å²) in [6.45, 7) is 1.70. The molecule has 1 saturated carbocycles. The molecule has 0 aromatic carbocycles. The van der Waals surface area contributed by atoms with Crippen LogP contribution in [-0.4, -0.2) is 50.7 Å². The third-order valence-corrected chi connectivity index (χ3v) is 4.64. The number of aromatic nitrogens is 3. The van der Waals surface area contributed by atoms with Gasteiger partial charge in [-0.15, -0.1) is 0 Å². The first-order chi connectivity index (χ1) is 11.3. The van der Waals surface area contributed by atoms with Crippen LogP contribution in [0.2, 0.25) is 0 Å². The van der Waals surface area contributed by atoms with Gasteiger partial charge in [-0.05, 0) is 19.8 Å². The molecule has 4 heterocycles. The molecule has 2 aromatic heterocycles. The molecule has 2 aliphatic heterocycles. The first-order valence-corrected chi connectivity index (χ1v) is 7.49. The van der Waals surface area contributed by atoms with E-state index in [2.05, 4.69) is 9.97 Å². The number of halogens is 2. The number of ether oxygens (including phenoxy) is 2. The average molecular weight is 339 g/mol. The highest BCUT2D eigenvalue weighted by Crippen LogP contribution is 2.58. The molecular formula is C15H15F2N3O4. The number of carboxylic acids is 1. The molecule has 1 N–H and O–H groups in total. The number of hydrogen-bond acceptors (Lipinski definition) is 5. The third kappa shape index (κ3) is 2.22. The van der Waals surface area contributed by atoms with E-state index in [9.17, 15) is 13.6 Å². The summed E-state index contributed by atoms with van der Waals surface area (Å²) < 4.78 is 37.0. The number of alkyl halides is 2. The quantitative estimate of drug-likeness (QED) is 0.895. The van der Waals surface area contributed by atoms with Gasteiger partial charge in [-0.2, -0.15) is 0 Å². The second-order valence-corrected chi connectivity index (χ2v) is 6.67. The zero-order chi connectivity index (χ0) is 17.1. The Morgan fingerprint density at radius 2 is 2.21 bits per heavy atom. The Bertz CT molecular complexity index is 829. The van der Waals surface area contributed by atoms with Crippen molar-refractivity contribution in [2.24, 2.45) is 0 Å². The maximum atomic E-state index is 12.4. The zero-order valence-corrected chi connectivity index (χ0v) is 12.8. The van der Waals surface area contributed by atoms with Gasteiger partial charge in [0.05, 0.1) is 17.9 Å². The van der Waals surface area contributed by atoms with Crippen molar-refractivity contribution >= 4 is 11.6 Å². The molecule has 9 heteroatoms. The minimum Gasteiger partial charge on any atom is -0.476 e. The molecule has 0 radical (unpaired) electrons. The zero-order valence-electron chi connectivity index (χ0n) is 12.8. The summed E-state index contributed by atoms with van der Waals surface area (Å²) in [6.07, 6.45) is 1.97. The van der Waals surface area contributed by atoms with Crippen LogP contribution in [0.5, 0.6) is 5.88 Å². The number of carbonyl (C=O) groups is 1. The van der Waals surface area contributed by atoms with Crippen LogP contribution in [0.3, 0.4) is 0 Å². The molecule has 0 amide bonds. The number of aromatic carboxylic acids is 1. The molecule has 0 atom stereocenters. The maximum absolute atomic E-state index is 12.4. The number of fused-ring (bicyclic) bond motifs is 2. The van der Waals surface area contributed by atoms with Gasteiger partial charge in [0, 0.05) is 17.8 Å². The lowest BCUT2D eigenvalue weighted by Gasteiger charge is -2.41. The van der Waals surface area contributed by atoms with E-state index in [-0.39, 0.29) is 28.2 Å². The number of carboxylic acid groups (broad SMARTS) is 1. The highest BCUT2D eigenvalue weighted by Gasteiger charge is 2.61. The van der Waals surface area contributed by atoms with Crippen molar-refractivity contribution in [3.05, 3.63) is 23.8 Å². The van der Waals surface area contributed by atoms with Gasteiger partial charge in [0.25, 0.3) is 12.3 Å². The van der Waals surface area contributed by atoms with Crippen molar-refractivity contribution in [2.45, 2.75) is 37.2 Å². The molecule has 2 aromatic rings. The van der Waals surface area contributed by atoms with Crippen LogP contribution >= 0.6 is 0 Å². The van der Waals surface area contributed by atoms with Gasteiger partial charge in [-0.3, -0.25) is 4.40 Å². The number of rotatable bonds is 5. The van der Waals surface area contributed by atoms with E-state index in [1.807, 2.05) is 6.92 Å². The lowest BCUT2D eigenvalue weighted by atomic mass is 9.62. The van der Waals surface area contributed by atoms with E-state index in [1.165, 1.54) is 10.6 Å². The van der Waals surface area contributed by atoms with Crippen LogP contribution in [0, 0.1) is 0 Å². The molecule has 7 nitrogen and oxygen atoms in total. The van der Waals surface area contributed by atoms with Crippen molar-refractivity contribution in [3.8, 4) is 5.88 Å². The second kappa shape index (κ2) is 4.85. The Balaban J connectivity index is 1.77. The number of hydrogen-bond donors (Lipinski definition) is 1. The van der Waals surface area contributed by atoms with Crippen LogP contribution in [-0.2, 0) is 10.2 Å². The lowest BCUT2D eigenvalue weighted by Crippen LogP contribution is -2.45. The topological polar surface area (TPSA) is 86.0 Å². The Morgan fingerprint density at radius 1 is 1.46 bits per heavy atom. The van der Waals surface area contributed by atoms with Crippen molar-refractivity contribution in [1.82, 2.24) is 14.4 Å². The smallest absolute Gasteiger partial charge is 0.356 e. The Hall–Kier alpha value is -2.29. The summed E-state index contributed by atoms with van der Waals surface area (Å²) in [5.74, 6) is -1.48. The monoisotopic (exact) mass is 339 g/mol. The molecule has 2 saturated heterocycles. The number of nitrogens with zero attached hydrogens (tertiary/aromatic N) is 3. The largest absolute Gasteiger partial charge is 0.476 e. The lowest BCUT2D eigenvalue weighted by molar-refractivity contribution is 0.0154. The molecule has 3 aliphatic rings. The predicted molar refractivity (Wildman–Crippen MR) is 76.7 cm³/mol. The number of imidazole rings is 1. The van der Waals surface area contributed by atoms with Gasteiger partial charge >= 0.3 is 5.97 Å². The minimum absolute atomic E-state index is 0.130. The molecule has 0 unspecified atom stereocenters. The highest BCUT2D eigenvalue weighted by atomic mass is 19.3. The molecule has 24 heavy (non-hydrogen) atoms. The maximum Gasteiger partial charge on any atom is 0.356 e. The van der Waals surface area contributed by atoms with Crippen LogP contribution in [0.15, 0.2) is 12.4 Å². The van der Waals surface area contributed by atoms with Crippen LogP contribution < -0.4 is 4.74 Å². The molecule has 128 valence electrons. The molecule has 5 rings (SSSR count). The van der Waals surface area contributed by atoms with Crippen molar-refractivity contribution in [2.75, 3.05) is 13.2 Å². The predicted octanol–water partition coefficient (Wildman–Crippen LogP) is 1.89. The average Bonchev–Trinajstić information content (AvgIpc) is 3.14. The summed E-state index contributed by atoms with van der Waals surface area (Å²) in [5.41, 5.74) is 0.336. The Morgan fingerprint density at radius 3 is 2.79 bits per heavy atom. The van der Waals surface area contributed by atoms with Gasteiger partial charge in [-0.1, -0.05) is 0 Å². The second-order valence-electron chi connectivity index (χ2n) is 6.67. The third-order valence-electron chi connectivity index (χ3n) is 4.64. The summed E-state index contributed by atoms with van der Waals surface area (Å²) >= 11 is 0. The SMILES string of the molecule is CC12CC(c3cn4cc(C(=O)O)nc(OCC(F)F)c4n3)(CO1)C2. The van der Waals surface area contributed by atoms with E-state index in [4.69, 9.17) is 14.6 Å². The van der Waals surface area contributed by atoms with Crippen LogP contribution in [0.4, 0.5) is 8.78 Å². The molecule has 1 aliphatic carbocycles. The van der Waals surface area contributed by atoms with E-state index in [0.717, 1.165) is 18.5 Å². The fourth-order valence-electron chi connectivity index (χ4n) is 3.72. The molecule has 0 spiro atoms. The fraction of sp³-hybridized carbons (Fsp3) is 0.533. The minimum atomic E-state index is -2.69.